The van der Waals surface area contributed by atoms with Crippen LogP contribution in [0.15, 0.2) is 79.6 Å². The van der Waals surface area contributed by atoms with Crippen LogP contribution in [0.4, 0.5) is 5.82 Å². The quantitative estimate of drug-likeness (QED) is 0.326. The second-order valence-electron chi connectivity index (χ2n) is 9.23. The molecule has 9 heteroatoms. The van der Waals surface area contributed by atoms with Gasteiger partial charge in [0.2, 0.25) is 0 Å². The van der Waals surface area contributed by atoms with E-state index in [0.717, 1.165) is 27.9 Å². The maximum Gasteiger partial charge on any atom is 0.138 e. The van der Waals surface area contributed by atoms with Gasteiger partial charge < -0.3 is 15.2 Å². The van der Waals surface area contributed by atoms with E-state index in [-0.39, 0.29) is 6.61 Å². The maximum absolute atomic E-state index is 10.0. The van der Waals surface area contributed by atoms with Crippen molar-refractivity contribution in [2.75, 3.05) is 11.9 Å². The van der Waals surface area contributed by atoms with Crippen molar-refractivity contribution in [3.05, 3.63) is 90.8 Å². The molecule has 9 nitrogen and oxygen atoms in total. The van der Waals surface area contributed by atoms with Gasteiger partial charge >= 0.3 is 0 Å². The first-order valence-corrected chi connectivity index (χ1v) is 11.7. The van der Waals surface area contributed by atoms with E-state index in [9.17, 15) is 10.4 Å². The molecule has 0 aromatic carbocycles. The van der Waals surface area contributed by atoms with Gasteiger partial charge in [-0.3, -0.25) is 9.97 Å². The van der Waals surface area contributed by atoms with Crippen molar-refractivity contribution in [3.8, 4) is 34.2 Å². The van der Waals surface area contributed by atoms with Crippen molar-refractivity contribution >= 4 is 11.3 Å². The summed E-state index contributed by atoms with van der Waals surface area (Å²) in [6, 6.07) is 15.7. The lowest BCUT2D eigenvalue weighted by Crippen LogP contribution is -2.27. The van der Waals surface area contributed by atoms with Crippen LogP contribution in [0.25, 0.3) is 27.9 Å². The highest BCUT2D eigenvalue weighted by atomic mass is 16.5. The second kappa shape index (κ2) is 10.0. The molecule has 0 atom stereocenters. The third-order valence-corrected chi connectivity index (χ3v) is 5.63. The lowest BCUT2D eigenvalue weighted by Gasteiger charge is -2.18. The Hall–Kier alpha value is -4.81. The van der Waals surface area contributed by atoms with Gasteiger partial charge in [0, 0.05) is 48.0 Å². The van der Waals surface area contributed by atoms with Gasteiger partial charge in [0.05, 0.1) is 34.8 Å². The fourth-order valence-electron chi connectivity index (χ4n) is 3.80. The average molecular weight is 492 g/mol. The first-order chi connectivity index (χ1) is 17.9. The van der Waals surface area contributed by atoms with Gasteiger partial charge in [0.25, 0.3) is 0 Å². The van der Waals surface area contributed by atoms with Gasteiger partial charge in [0.15, 0.2) is 0 Å². The van der Waals surface area contributed by atoms with E-state index in [1.165, 1.54) is 6.20 Å². The molecule has 2 N–H and O–H groups in total. The van der Waals surface area contributed by atoms with Crippen molar-refractivity contribution in [2.45, 2.75) is 26.0 Å². The number of ether oxygens (including phenoxy) is 1. The van der Waals surface area contributed by atoms with E-state index in [2.05, 4.69) is 31.4 Å². The third kappa shape index (κ3) is 5.55. The van der Waals surface area contributed by atoms with Gasteiger partial charge in [-0.25, -0.2) is 9.50 Å². The van der Waals surface area contributed by atoms with E-state index in [0.29, 0.717) is 29.2 Å². The molecule has 0 unspecified atom stereocenters. The summed E-state index contributed by atoms with van der Waals surface area (Å²) in [6.45, 7) is 4.03. The molecule has 0 radical (unpaired) electrons. The number of nitrogens with zero attached hydrogens (tertiary/aromatic N) is 6. The molecular weight excluding hydrogens is 466 g/mol. The minimum atomic E-state index is -0.986. The Morgan fingerprint density at radius 2 is 1.95 bits per heavy atom. The fraction of sp³-hybridized carbons (Fsp3) is 0.179. The predicted molar refractivity (Wildman–Crippen MR) is 140 cm³/mol. The minimum absolute atomic E-state index is 0.115. The SMILES string of the molecule is CC(C)(O)COc1cc(-c2ccc(NCc3ccc(-c4cccnc4)nc3)nc2)c2c(C#N)cnn2c1. The number of aromatic nitrogens is 5. The molecule has 5 aromatic heterocycles. The van der Waals surface area contributed by atoms with Crippen LogP contribution in [0.5, 0.6) is 5.75 Å². The molecule has 5 aromatic rings. The summed E-state index contributed by atoms with van der Waals surface area (Å²) in [6.07, 6.45) is 10.3. The summed E-state index contributed by atoms with van der Waals surface area (Å²) in [4.78, 5) is 13.2. The third-order valence-electron chi connectivity index (χ3n) is 5.63. The van der Waals surface area contributed by atoms with Crippen LogP contribution >= 0.6 is 0 Å². The van der Waals surface area contributed by atoms with Crippen LogP contribution in [0.1, 0.15) is 25.0 Å². The van der Waals surface area contributed by atoms with E-state index in [1.54, 1.807) is 43.2 Å². The van der Waals surface area contributed by atoms with E-state index < -0.39 is 5.60 Å². The predicted octanol–water partition coefficient (Wildman–Crippen LogP) is 4.49. The summed E-state index contributed by atoms with van der Waals surface area (Å²) in [5.74, 6) is 1.24. The molecule has 0 fully saturated rings. The van der Waals surface area contributed by atoms with E-state index in [4.69, 9.17) is 4.74 Å². The Morgan fingerprint density at radius 3 is 2.62 bits per heavy atom. The summed E-state index contributed by atoms with van der Waals surface area (Å²) < 4.78 is 7.41. The number of pyridine rings is 4. The summed E-state index contributed by atoms with van der Waals surface area (Å²) in [5.41, 5.74) is 4.57. The largest absolute Gasteiger partial charge is 0.489 e. The lowest BCUT2D eigenvalue weighted by atomic mass is 10.1. The van der Waals surface area contributed by atoms with Gasteiger partial charge in [-0.1, -0.05) is 6.07 Å². The highest BCUT2D eigenvalue weighted by Gasteiger charge is 2.17. The topological polar surface area (TPSA) is 121 Å². The molecule has 0 aliphatic heterocycles. The smallest absolute Gasteiger partial charge is 0.138 e. The molecule has 0 saturated carbocycles. The molecule has 0 spiro atoms. The fourth-order valence-corrected chi connectivity index (χ4v) is 3.80. The van der Waals surface area contributed by atoms with Gasteiger partial charge in [-0.2, -0.15) is 10.4 Å². The average Bonchev–Trinajstić information content (AvgIpc) is 3.34. The molecule has 0 saturated heterocycles. The molecule has 0 amide bonds. The number of nitrogens with one attached hydrogen (secondary N) is 1. The normalized spacial score (nSPS) is 11.3. The van der Waals surface area contributed by atoms with Crippen molar-refractivity contribution in [2.24, 2.45) is 0 Å². The van der Waals surface area contributed by atoms with Crippen molar-refractivity contribution in [1.29, 1.82) is 5.26 Å². The lowest BCUT2D eigenvalue weighted by molar-refractivity contribution is 0.0283. The zero-order valence-corrected chi connectivity index (χ0v) is 20.5. The van der Waals surface area contributed by atoms with Crippen LogP contribution in [-0.2, 0) is 6.54 Å². The van der Waals surface area contributed by atoms with Crippen LogP contribution in [-0.4, -0.2) is 41.9 Å². The molecule has 0 aliphatic rings. The summed E-state index contributed by atoms with van der Waals surface area (Å²) in [7, 11) is 0. The highest BCUT2D eigenvalue weighted by Crippen LogP contribution is 2.31. The molecule has 5 heterocycles. The number of fused-ring (bicyclic) bond motifs is 1. The Kier molecular flexibility index (Phi) is 6.49. The molecule has 0 bridgehead atoms. The van der Waals surface area contributed by atoms with Crippen LogP contribution < -0.4 is 10.1 Å². The van der Waals surface area contributed by atoms with Gasteiger partial charge in [-0.15, -0.1) is 0 Å². The minimum Gasteiger partial charge on any atom is -0.489 e. The highest BCUT2D eigenvalue weighted by molar-refractivity contribution is 5.85. The zero-order valence-electron chi connectivity index (χ0n) is 20.5. The van der Waals surface area contributed by atoms with Crippen molar-refractivity contribution in [1.82, 2.24) is 24.6 Å². The molecule has 5 rings (SSSR count). The molecule has 0 aliphatic carbocycles. The number of hydrogen-bond donors (Lipinski definition) is 2. The number of nitriles is 1. The van der Waals surface area contributed by atoms with Crippen molar-refractivity contribution < 1.29 is 9.84 Å². The molecule has 37 heavy (non-hydrogen) atoms. The maximum atomic E-state index is 10.0. The van der Waals surface area contributed by atoms with Crippen LogP contribution in [0, 0.1) is 11.3 Å². The van der Waals surface area contributed by atoms with E-state index in [1.807, 2.05) is 48.7 Å². The zero-order chi connectivity index (χ0) is 25.8. The van der Waals surface area contributed by atoms with Crippen molar-refractivity contribution in [3.63, 3.8) is 0 Å². The number of anilines is 1. The van der Waals surface area contributed by atoms with Crippen LogP contribution in [0.3, 0.4) is 0 Å². The number of aliphatic hydroxyl groups is 1. The Bertz CT molecular complexity index is 1550. The van der Waals surface area contributed by atoms with E-state index >= 15 is 0 Å². The molecular formula is C28H25N7O2. The Balaban J connectivity index is 1.34. The first kappa shape index (κ1) is 23.9. The summed E-state index contributed by atoms with van der Waals surface area (Å²) in [5, 5.41) is 27.2. The monoisotopic (exact) mass is 491 g/mol. The van der Waals surface area contributed by atoms with Gasteiger partial charge in [0.1, 0.15) is 24.2 Å². The second-order valence-corrected chi connectivity index (χ2v) is 9.23. The first-order valence-electron chi connectivity index (χ1n) is 11.7. The van der Waals surface area contributed by atoms with Gasteiger partial charge in [-0.05, 0) is 55.8 Å². The Morgan fingerprint density at radius 1 is 1.05 bits per heavy atom. The number of rotatable bonds is 8. The standard InChI is InChI=1S/C28H25N7O2/c1-28(2,36)18-37-23-10-24(27-22(11-29)16-34-35(27)17-23)20-6-8-26(33-15-20)32-13-19-5-7-25(31-12-19)21-4-3-9-30-14-21/h3-10,12,14-17,36H,13,18H2,1-2H3,(H,32,33). The summed E-state index contributed by atoms with van der Waals surface area (Å²) >= 11 is 0. The Labute approximate surface area is 214 Å². The molecule has 184 valence electrons. The number of hydrogen-bond acceptors (Lipinski definition) is 8. The van der Waals surface area contributed by atoms with Crippen LogP contribution in [0.2, 0.25) is 0 Å².